The molecule has 0 aliphatic rings. The summed E-state index contributed by atoms with van der Waals surface area (Å²) in [5.74, 6) is 0.945. The van der Waals surface area contributed by atoms with Gasteiger partial charge in [0, 0.05) is 31.2 Å². The maximum Gasteiger partial charge on any atom is 0.123 e. The lowest BCUT2D eigenvalue weighted by atomic mass is 10.2. The highest BCUT2D eigenvalue weighted by Gasteiger charge is 2.07. The monoisotopic (exact) mass is 262 g/mol. The lowest BCUT2D eigenvalue weighted by molar-refractivity contribution is 0.337. The Morgan fingerprint density at radius 2 is 2.05 bits per heavy atom. The van der Waals surface area contributed by atoms with Gasteiger partial charge in [0.1, 0.15) is 5.75 Å². The van der Waals surface area contributed by atoms with Crippen molar-refractivity contribution in [2.75, 3.05) is 27.2 Å². The molecule has 1 aromatic rings. The van der Waals surface area contributed by atoms with E-state index < -0.39 is 0 Å². The summed E-state index contributed by atoms with van der Waals surface area (Å²) in [5.41, 5.74) is 2.41. The van der Waals surface area contributed by atoms with Gasteiger partial charge in [-0.25, -0.2) is 0 Å². The van der Waals surface area contributed by atoms with Gasteiger partial charge in [-0.3, -0.25) is 4.90 Å². The van der Waals surface area contributed by atoms with Gasteiger partial charge in [-0.2, -0.15) is 0 Å². The second kappa shape index (κ2) is 7.97. The number of ether oxygens (including phenoxy) is 1. The van der Waals surface area contributed by atoms with Crippen LogP contribution in [0.5, 0.6) is 5.75 Å². The van der Waals surface area contributed by atoms with E-state index in [4.69, 9.17) is 4.74 Å². The van der Waals surface area contributed by atoms with Crippen molar-refractivity contribution >= 4 is 0 Å². The Bertz CT molecular complexity index is 401. The van der Waals surface area contributed by atoms with E-state index >= 15 is 0 Å². The maximum atomic E-state index is 5.37. The first-order chi connectivity index (χ1) is 9.02. The number of nitrogens with one attached hydrogen (secondary N) is 1. The molecule has 0 spiro atoms. The Labute approximate surface area is 117 Å². The van der Waals surface area contributed by atoms with Gasteiger partial charge in [0.05, 0.1) is 7.11 Å². The van der Waals surface area contributed by atoms with Crippen LogP contribution in [0.1, 0.15) is 19.4 Å². The Morgan fingerprint density at radius 1 is 1.37 bits per heavy atom. The summed E-state index contributed by atoms with van der Waals surface area (Å²) in [7, 11) is 3.82. The van der Waals surface area contributed by atoms with E-state index in [0.717, 1.165) is 25.4 Å². The number of nitrogens with zero attached hydrogens (tertiary/aromatic N) is 1. The van der Waals surface area contributed by atoms with E-state index in [-0.39, 0.29) is 0 Å². The fraction of sp³-hybridized carbons (Fsp3) is 0.500. The molecule has 1 N–H and O–H groups in total. The average Bonchev–Trinajstić information content (AvgIpc) is 2.37. The smallest absolute Gasteiger partial charge is 0.123 e. The molecule has 3 heteroatoms. The van der Waals surface area contributed by atoms with Crippen LogP contribution in [0.25, 0.3) is 0 Å². The van der Waals surface area contributed by atoms with Gasteiger partial charge in [0.25, 0.3) is 0 Å². The highest BCUT2D eigenvalue weighted by Crippen LogP contribution is 2.18. The van der Waals surface area contributed by atoms with E-state index in [2.05, 4.69) is 43.8 Å². The first kappa shape index (κ1) is 15.7. The first-order valence-electron chi connectivity index (χ1n) is 6.73. The maximum absolute atomic E-state index is 5.37. The molecule has 0 unspecified atom stereocenters. The summed E-state index contributed by atoms with van der Waals surface area (Å²) in [5, 5.41) is 3.39. The molecule has 0 saturated carbocycles. The van der Waals surface area contributed by atoms with Crippen LogP contribution in [0.4, 0.5) is 0 Å². The van der Waals surface area contributed by atoms with E-state index in [0.29, 0.717) is 6.04 Å². The van der Waals surface area contributed by atoms with Gasteiger partial charge in [0.2, 0.25) is 0 Å². The Balaban J connectivity index is 2.46. The average molecular weight is 262 g/mol. The molecule has 19 heavy (non-hydrogen) atoms. The van der Waals surface area contributed by atoms with Crippen LogP contribution < -0.4 is 10.1 Å². The zero-order valence-electron chi connectivity index (χ0n) is 12.6. The van der Waals surface area contributed by atoms with E-state index in [1.807, 2.05) is 18.2 Å². The Morgan fingerprint density at radius 3 is 2.68 bits per heavy atom. The molecule has 0 saturated heterocycles. The van der Waals surface area contributed by atoms with Gasteiger partial charge in [-0.05, 0) is 18.7 Å². The number of rotatable bonds is 8. The molecule has 0 atom stereocenters. The molecule has 1 aromatic carbocycles. The molecule has 0 radical (unpaired) electrons. The second-order valence-electron chi connectivity index (χ2n) is 5.27. The molecule has 3 nitrogen and oxygen atoms in total. The van der Waals surface area contributed by atoms with E-state index in [1.54, 1.807) is 7.11 Å². The third-order valence-corrected chi connectivity index (χ3v) is 2.89. The summed E-state index contributed by atoms with van der Waals surface area (Å²) in [6.45, 7) is 11.0. The number of methoxy groups -OCH3 is 1. The summed E-state index contributed by atoms with van der Waals surface area (Å²) in [6, 6.07) is 8.63. The van der Waals surface area contributed by atoms with E-state index in [1.165, 1.54) is 11.1 Å². The Kier molecular flexibility index (Phi) is 6.60. The quantitative estimate of drug-likeness (QED) is 0.729. The fourth-order valence-corrected chi connectivity index (χ4v) is 1.97. The fourth-order valence-electron chi connectivity index (χ4n) is 1.97. The third kappa shape index (κ3) is 5.90. The molecule has 0 aromatic heterocycles. The summed E-state index contributed by atoms with van der Waals surface area (Å²) >= 11 is 0. The molecule has 0 aliphatic heterocycles. The SMILES string of the molecule is C=C(CNC(C)C)CN(C)Cc1ccccc1OC. The number of benzene rings is 1. The lowest BCUT2D eigenvalue weighted by Crippen LogP contribution is -2.29. The Hall–Kier alpha value is -1.32. The number of para-hydroxylation sites is 1. The van der Waals surface area contributed by atoms with Crippen molar-refractivity contribution in [3.63, 3.8) is 0 Å². The molecular formula is C16H26N2O. The molecule has 1 rings (SSSR count). The van der Waals surface area contributed by atoms with Crippen LogP contribution in [-0.2, 0) is 6.54 Å². The molecular weight excluding hydrogens is 236 g/mol. The second-order valence-corrected chi connectivity index (χ2v) is 5.27. The van der Waals surface area contributed by atoms with Crippen molar-refractivity contribution < 1.29 is 4.74 Å². The van der Waals surface area contributed by atoms with Crippen molar-refractivity contribution in [1.82, 2.24) is 10.2 Å². The minimum absolute atomic E-state index is 0.497. The minimum Gasteiger partial charge on any atom is -0.496 e. The van der Waals surface area contributed by atoms with Crippen LogP contribution in [0.3, 0.4) is 0 Å². The molecule has 106 valence electrons. The highest BCUT2D eigenvalue weighted by atomic mass is 16.5. The highest BCUT2D eigenvalue weighted by molar-refractivity contribution is 5.33. The number of hydrogen-bond donors (Lipinski definition) is 1. The largest absolute Gasteiger partial charge is 0.496 e. The van der Waals surface area contributed by atoms with Crippen molar-refractivity contribution in [3.8, 4) is 5.75 Å². The van der Waals surface area contributed by atoms with Gasteiger partial charge in [0.15, 0.2) is 0 Å². The molecule has 0 fully saturated rings. The van der Waals surface area contributed by atoms with Crippen LogP contribution >= 0.6 is 0 Å². The van der Waals surface area contributed by atoms with Crippen LogP contribution in [0, 0.1) is 0 Å². The van der Waals surface area contributed by atoms with Crippen LogP contribution in [-0.4, -0.2) is 38.2 Å². The topological polar surface area (TPSA) is 24.5 Å². The van der Waals surface area contributed by atoms with Crippen molar-refractivity contribution in [1.29, 1.82) is 0 Å². The summed E-state index contributed by atoms with van der Waals surface area (Å²) in [6.07, 6.45) is 0. The lowest BCUT2D eigenvalue weighted by Gasteiger charge is -2.20. The number of hydrogen-bond acceptors (Lipinski definition) is 3. The molecule has 0 aliphatic carbocycles. The number of likely N-dealkylation sites (N-methyl/N-ethyl adjacent to an activating group) is 1. The first-order valence-corrected chi connectivity index (χ1v) is 6.73. The zero-order valence-corrected chi connectivity index (χ0v) is 12.6. The zero-order chi connectivity index (χ0) is 14.3. The molecule has 0 amide bonds. The van der Waals surface area contributed by atoms with Crippen LogP contribution in [0.15, 0.2) is 36.4 Å². The molecule has 0 bridgehead atoms. The van der Waals surface area contributed by atoms with Gasteiger partial charge in [-0.15, -0.1) is 0 Å². The predicted octanol–water partition coefficient (Wildman–Crippen LogP) is 2.68. The van der Waals surface area contributed by atoms with Crippen molar-refractivity contribution in [2.24, 2.45) is 0 Å². The van der Waals surface area contributed by atoms with Gasteiger partial charge >= 0.3 is 0 Å². The molecule has 0 heterocycles. The van der Waals surface area contributed by atoms with Crippen molar-refractivity contribution in [2.45, 2.75) is 26.4 Å². The van der Waals surface area contributed by atoms with E-state index in [9.17, 15) is 0 Å². The standard InChI is InChI=1S/C16H26N2O/c1-13(2)17-10-14(3)11-18(4)12-15-8-6-7-9-16(15)19-5/h6-9,13,17H,3,10-12H2,1-2,4-5H3. The van der Waals surface area contributed by atoms with Crippen LogP contribution in [0.2, 0.25) is 0 Å². The summed E-state index contributed by atoms with van der Waals surface area (Å²) < 4.78 is 5.37. The third-order valence-electron chi connectivity index (χ3n) is 2.89. The minimum atomic E-state index is 0.497. The van der Waals surface area contributed by atoms with Crippen molar-refractivity contribution in [3.05, 3.63) is 42.0 Å². The summed E-state index contributed by atoms with van der Waals surface area (Å²) in [4.78, 5) is 2.25. The predicted molar refractivity (Wildman–Crippen MR) is 81.6 cm³/mol. The van der Waals surface area contributed by atoms with Gasteiger partial charge in [-0.1, -0.05) is 38.6 Å². The normalized spacial score (nSPS) is 11.1. The van der Waals surface area contributed by atoms with Gasteiger partial charge < -0.3 is 10.1 Å².